The lowest BCUT2D eigenvalue weighted by atomic mass is 10.1. The lowest BCUT2D eigenvalue weighted by Crippen LogP contribution is -2.57. The normalized spacial score (nSPS) is 36.6. The molecule has 2 saturated heterocycles. The highest BCUT2D eigenvalue weighted by atomic mass is 32.2. The summed E-state index contributed by atoms with van der Waals surface area (Å²) < 4.78 is 11.8. The second-order valence-corrected chi connectivity index (χ2v) is 5.40. The zero-order valence-electron chi connectivity index (χ0n) is 8.37. The molecule has 3 unspecified atom stereocenters. The van der Waals surface area contributed by atoms with Crippen molar-refractivity contribution in [2.24, 2.45) is 0 Å². The number of carbonyl (C=O) groups is 3. The van der Waals surface area contributed by atoms with E-state index in [-0.39, 0.29) is 12.3 Å². The summed E-state index contributed by atoms with van der Waals surface area (Å²) in [6.45, 7) is 1.22. The third kappa shape index (κ3) is 1.41. The van der Waals surface area contributed by atoms with Gasteiger partial charge in [0.15, 0.2) is 6.04 Å². The highest BCUT2D eigenvalue weighted by Gasteiger charge is 2.59. The van der Waals surface area contributed by atoms with Gasteiger partial charge in [0.25, 0.3) is 0 Å². The van der Waals surface area contributed by atoms with Crippen molar-refractivity contribution >= 4 is 28.6 Å². The number of nitrogens with zero attached hydrogens (tertiary/aromatic N) is 1. The fourth-order valence-corrected chi connectivity index (χ4v) is 3.86. The van der Waals surface area contributed by atoms with Gasteiger partial charge in [0, 0.05) is 6.92 Å². The number of fused-ring (bicyclic) bond motifs is 1. The van der Waals surface area contributed by atoms with E-state index in [9.17, 15) is 18.6 Å². The SMILES string of the molecule is CC(=O)NC1C(C(=O)O)N2C(=O)C[C@H]2S1=O. The summed E-state index contributed by atoms with van der Waals surface area (Å²) in [4.78, 5) is 34.2. The van der Waals surface area contributed by atoms with Crippen LogP contribution < -0.4 is 5.32 Å². The van der Waals surface area contributed by atoms with E-state index in [0.717, 1.165) is 4.90 Å². The Hall–Kier alpha value is -1.44. The van der Waals surface area contributed by atoms with E-state index in [4.69, 9.17) is 5.11 Å². The van der Waals surface area contributed by atoms with Crippen molar-refractivity contribution in [1.82, 2.24) is 10.2 Å². The van der Waals surface area contributed by atoms with Gasteiger partial charge < -0.3 is 15.3 Å². The van der Waals surface area contributed by atoms with E-state index in [2.05, 4.69) is 5.32 Å². The molecule has 0 aliphatic carbocycles. The Morgan fingerprint density at radius 3 is 2.62 bits per heavy atom. The van der Waals surface area contributed by atoms with Crippen molar-refractivity contribution in [3.63, 3.8) is 0 Å². The first kappa shape index (κ1) is 11.1. The molecule has 0 aromatic carbocycles. The van der Waals surface area contributed by atoms with Crippen LogP contribution >= 0.6 is 0 Å². The summed E-state index contributed by atoms with van der Waals surface area (Å²) in [5.41, 5.74) is 0. The summed E-state index contributed by atoms with van der Waals surface area (Å²) in [7, 11) is -1.55. The van der Waals surface area contributed by atoms with Crippen LogP contribution in [0.25, 0.3) is 0 Å². The topological polar surface area (TPSA) is 104 Å². The lowest BCUT2D eigenvalue weighted by Gasteiger charge is -2.35. The quantitative estimate of drug-likeness (QED) is 0.561. The van der Waals surface area contributed by atoms with E-state index in [1.165, 1.54) is 6.92 Å². The van der Waals surface area contributed by atoms with Crippen molar-refractivity contribution in [3.05, 3.63) is 0 Å². The van der Waals surface area contributed by atoms with Crippen LogP contribution in [0.5, 0.6) is 0 Å². The van der Waals surface area contributed by atoms with Crippen LogP contribution in [0.2, 0.25) is 0 Å². The van der Waals surface area contributed by atoms with Crippen molar-refractivity contribution in [1.29, 1.82) is 0 Å². The predicted molar refractivity (Wildman–Crippen MR) is 52.4 cm³/mol. The van der Waals surface area contributed by atoms with Crippen LogP contribution in [0.4, 0.5) is 0 Å². The average Bonchev–Trinajstić information content (AvgIpc) is 2.37. The molecule has 2 amide bonds. The maximum atomic E-state index is 11.8. The summed E-state index contributed by atoms with van der Waals surface area (Å²) >= 11 is 0. The number of β-lactam (4-membered cyclic amide) rings is 1. The van der Waals surface area contributed by atoms with Gasteiger partial charge in [-0.15, -0.1) is 0 Å². The molecule has 0 bridgehead atoms. The van der Waals surface area contributed by atoms with Gasteiger partial charge in [0.05, 0.1) is 17.2 Å². The van der Waals surface area contributed by atoms with Gasteiger partial charge in [-0.3, -0.25) is 13.8 Å². The van der Waals surface area contributed by atoms with Crippen molar-refractivity contribution in [2.45, 2.75) is 30.1 Å². The molecule has 0 aromatic rings. The Balaban J connectivity index is 2.28. The maximum absolute atomic E-state index is 11.8. The van der Waals surface area contributed by atoms with Crippen LogP contribution in [-0.2, 0) is 25.2 Å². The molecule has 0 aromatic heterocycles. The number of rotatable bonds is 2. The summed E-state index contributed by atoms with van der Waals surface area (Å²) in [6.07, 6.45) is 0.0898. The van der Waals surface area contributed by atoms with Crippen molar-refractivity contribution in [2.75, 3.05) is 0 Å². The molecule has 2 heterocycles. The number of nitrogens with one attached hydrogen (secondary N) is 1. The fraction of sp³-hybridized carbons (Fsp3) is 0.625. The molecule has 2 aliphatic rings. The molecule has 16 heavy (non-hydrogen) atoms. The number of carboxylic acids is 1. The Bertz CT molecular complexity index is 409. The standard InChI is InChI=1S/C8H10N2O5S/c1-3(11)9-7-6(8(13)14)10-4(12)2-5(10)16(7)15/h5-7H,2H2,1H3,(H,9,11)(H,13,14)/t5-,6?,7?,16?/m1/s1. The third-order valence-corrected chi connectivity index (χ3v) is 4.46. The lowest BCUT2D eigenvalue weighted by molar-refractivity contribution is -0.156. The first-order valence-corrected chi connectivity index (χ1v) is 5.91. The van der Waals surface area contributed by atoms with Crippen LogP contribution in [0.1, 0.15) is 13.3 Å². The summed E-state index contributed by atoms with van der Waals surface area (Å²) in [5.74, 6) is -2.04. The Morgan fingerprint density at radius 2 is 2.19 bits per heavy atom. The van der Waals surface area contributed by atoms with Gasteiger partial charge in [0.1, 0.15) is 10.7 Å². The third-order valence-electron chi connectivity index (χ3n) is 2.65. The Kier molecular flexibility index (Phi) is 2.45. The Morgan fingerprint density at radius 1 is 1.56 bits per heavy atom. The largest absolute Gasteiger partial charge is 0.480 e. The van der Waals surface area contributed by atoms with Gasteiger partial charge in [-0.05, 0) is 0 Å². The molecular weight excluding hydrogens is 236 g/mol. The van der Waals surface area contributed by atoms with Gasteiger partial charge in [-0.25, -0.2) is 4.79 Å². The van der Waals surface area contributed by atoms with E-state index in [1.54, 1.807) is 0 Å². The summed E-state index contributed by atoms with van der Waals surface area (Å²) in [6, 6.07) is -1.21. The van der Waals surface area contributed by atoms with Crippen LogP contribution in [0.3, 0.4) is 0 Å². The molecule has 7 nitrogen and oxygen atoms in total. The number of hydrogen-bond donors (Lipinski definition) is 2. The van der Waals surface area contributed by atoms with Crippen LogP contribution in [0, 0.1) is 0 Å². The molecule has 0 radical (unpaired) electrons. The summed E-state index contributed by atoms with van der Waals surface area (Å²) in [5, 5.41) is 9.73. The molecule has 2 fully saturated rings. The van der Waals surface area contributed by atoms with Crippen molar-refractivity contribution < 1.29 is 23.7 Å². The number of carboxylic acid groups (broad SMARTS) is 1. The van der Waals surface area contributed by atoms with Gasteiger partial charge >= 0.3 is 5.97 Å². The first-order valence-electron chi connectivity index (χ1n) is 4.64. The number of hydrogen-bond acceptors (Lipinski definition) is 4. The second-order valence-electron chi connectivity index (χ2n) is 3.69. The van der Waals surface area contributed by atoms with E-state index >= 15 is 0 Å². The zero-order valence-corrected chi connectivity index (χ0v) is 9.19. The van der Waals surface area contributed by atoms with E-state index in [0.29, 0.717) is 0 Å². The van der Waals surface area contributed by atoms with Crippen molar-refractivity contribution in [3.8, 4) is 0 Å². The molecule has 8 heteroatoms. The van der Waals surface area contributed by atoms with Gasteiger partial charge in [-0.2, -0.15) is 0 Å². The molecule has 88 valence electrons. The first-order chi connectivity index (χ1) is 7.43. The zero-order chi connectivity index (χ0) is 12.0. The molecule has 2 N–H and O–H groups in total. The second kappa shape index (κ2) is 3.55. The minimum Gasteiger partial charge on any atom is -0.480 e. The van der Waals surface area contributed by atoms with Crippen LogP contribution in [0.15, 0.2) is 0 Å². The van der Waals surface area contributed by atoms with E-state index in [1.807, 2.05) is 0 Å². The molecule has 2 aliphatic heterocycles. The number of aliphatic carboxylic acids is 1. The molecule has 0 spiro atoms. The smallest absolute Gasteiger partial charge is 0.329 e. The average molecular weight is 246 g/mol. The highest BCUT2D eigenvalue weighted by molar-refractivity contribution is 7.86. The van der Waals surface area contributed by atoms with Gasteiger partial charge in [0.2, 0.25) is 11.8 Å². The van der Waals surface area contributed by atoms with Gasteiger partial charge in [-0.1, -0.05) is 0 Å². The number of amides is 2. The maximum Gasteiger partial charge on any atom is 0.329 e. The monoisotopic (exact) mass is 246 g/mol. The fourth-order valence-electron chi connectivity index (χ4n) is 1.96. The number of carbonyl (C=O) groups excluding carboxylic acids is 2. The Labute approximate surface area is 93.2 Å². The predicted octanol–water partition coefficient (Wildman–Crippen LogP) is -1.78. The minimum atomic E-state index is -1.55. The van der Waals surface area contributed by atoms with Crippen LogP contribution in [-0.4, -0.2) is 48.8 Å². The minimum absolute atomic E-state index is 0.0898. The molecule has 2 rings (SSSR count). The molecule has 4 atom stereocenters. The molecular formula is C8H10N2O5S. The highest BCUT2D eigenvalue weighted by Crippen LogP contribution is 2.35. The molecule has 0 saturated carbocycles. The van der Waals surface area contributed by atoms with E-state index < -0.39 is 39.5 Å².